The van der Waals surface area contributed by atoms with E-state index in [4.69, 9.17) is 26.8 Å². The van der Waals surface area contributed by atoms with Gasteiger partial charge in [-0.15, -0.1) is 0 Å². The zero-order valence-corrected chi connectivity index (χ0v) is 15.9. The van der Waals surface area contributed by atoms with Gasteiger partial charge >= 0.3 is 0 Å². The smallest absolute Gasteiger partial charge is 0.246 e. The Kier molecular flexibility index (Phi) is 6.14. The van der Waals surface area contributed by atoms with Crippen LogP contribution in [-0.2, 0) is 14.8 Å². The van der Waals surface area contributed by atoms with Gasteiger partial charge in [0.1, 0.15) is 16.7 Å². The molecule has 0 bridgehead atoms. The van der Waals surface area contributed by atoms with Crippen molar-refractivity contribution in [1.29, 1.82) is 0 Å². The normalized spacial score (nSPS) is 23.4. The molecule has 136 valence electrons. The molecule has 0 saturated carbocycles. The molecule has 24 heavy (non-hydrogen) atoms. The van der Waals surface area contributed by atoms with Crippen molar-refractivity contribution in [2.75, 3.05) is 33.4 Å². The highest BCUT2D eigenvalue weighted by Gasteiger charge is 2.40. The summed E-state index contributed by atoms with van der Waals surface area (Å²) in [5.41, 5.74) is 5.59. The first-order valence-corrected chi connectivity index (χ1v) is 9.69. The number of nitrogens with zero attached hydrogens (tertiary/aromatic N) is 1. The molecule has 0 radical (unpaired) electrons. The molecule has 2 N–H and O–H groups in total. The molecule has 0 amide bonds. The van der Waals surface area contributed by atoms with Crippen molar-refractivity contribution in [1.82, 2.24) is 4.31 Å². The van der Waals surface area contributed by atoms with E-state index in [-0.39, 0.29) is 22.2 Å². The molecule has 6 nitrogen and oxygen atoms in total. The molecule has 1 heterocycles. The van der Waals surface area contributed by atoms with E-state index in [0.29, 0.717) is 31.3 Å². The summed E-state index contributed by atoms with van der Waals surface area (Å²) in [5.74, 6) is 0.283. The number of sulfonamides is 1. The maximum atomic E-state index is 13.1. The molecule has 2 unspecified atom stereocenters. The summed E-state index contributed by atoms with van der Waals surface area (Å²) in [4.78, 5) is 0.0826. The van der Waals surface area contributed by atoms with Crippen molar-refractivity contribution in [3.8, 4) is 5.75 Å². The lowest BCUT2D eigenvalue weighted by Gasteiger charge is -2.24. The van der Waals surface area contributed by atoms with Gasteiger partial charge in [-0.25, -0.2) is 8.42 Å². The first-order chi connectivity index (χ1) is 11.2. The second kappa shape index (κ2) is 7.58. The Hall–Kier alpha value is -0.860. The van der Waals surface area contributed by atoms with Crippen molar-refractivity contribution in [3.05, 3.63) is 23.2 Å². The summed E-state index contributed by atoms with van der Waals surface area (Å²) < 4.78 is 38.4. The monoisotopic (exact) mass is 376 g/mol. The van der Waals surface area contributed by atoms with Crippen molar-refractivity contribution < 1.29 is 17.9 Å². The topological polar surface area (TPSA) is 81.9 Å². The van der Waals surface area contributed by atoms with Crippen LogP contribution in [0.5, 0.6) is 5.75 Å². The third kappa shape index (κ3) is 4.21. The van der Waals surface area contributed by atoms with Gasteiger partial charge in [0.2, 0.25) is 10.0 Å². The molecule has 0 aromatic heterocycles. The fourth-order valence-corrected chi connectivity index (χ4v) is 4.73. The van der Waals surface area contributed by atoms with E-state index in [1.807, 2.05) is 13.8 Å². The molecule has 0 spiro atoms. The van der Waals surface area contributed by atoms with Crippen LogP contribution in [0.4, 0.5) is 0 Å². The highest BCUT2D eigenvalue weighted by molar-refractivity contribution is 7.89. The summed E-state index contributed by atoms with van der Waals surface area (Å²) in [6, 6.07) is 4.63. The van der Waals surface area contributed by atoms with Gasteiger partial charge in [0.05, 0.1) is 6.61 Å². The lowest BCUT2D eigenvalue weighted by molar-refractivity contribution is 0.0900. The molecule has 0 aliphatic carbocycles. The molecule has 2 atom stereocenters. The van der Waals surface area contributed by atoms with Crippen molar-refractivity contribution in [2.45, 2.75) is 31.3 Å². The number of nitrogens with two attached hydrogens (primary N) is 1. The number of halogens is 1. The van der Waals surface area contributed by atoms with Crippen LogP contribution in [0.3, 0.4) is 0 Å². The first-order valence-electron chi connectivity index (χ1n) is 7.87. The average molecular weight is 377 g/mol. The highest BCUT2D eigenvalue weighted by atomic mass is 35.5. The molecule has 1 aromatic rings. The van der Waals surface area contributed by atoms with E-state index in [0.717, 1.165) is 6.42 Å². The number of hydrogen-bond acceptors (Lipinski definition) is 5. The summed E-state index contributed by atoms with van der Waals surface area (Å²) >= 11 is 6.03. The fourth-order valence-electron chi connectivity index (χ4n) is 2.76. The number of ether oxygens (including phenoxy) is 2. The van der Waals surface area contributed by atoms with E-state index >= 15 is 0 Å². The quantitative estimate of drug-likeness (QED) is 0.788. The zero-order valence-electron chi connectivity index (χ0n) is 14.3. The minimum atomic E-state index is -3.71. The molecular formula is C16H25ClN2O4S. The highest BCUT2D eigenvalue weighted by Crippen LogP contribution is 2.36. The SMILES string of the molecule is COCC(C)Oc1ccc(Cl)cc1S(=O)(=O)N1CCC(C)(CN)C1. The van der Waals surface area contributed by atoms with Gasteiger partial charge in [-0.05, 0) is 43.5 Å². The summed E-state index contributed by atoms with van der Waals surface area (Å²) in [7, 11) is -2.14. The van der Waals surface area contributed by atoms with Crippen LogP contribution in [0.1, 0.15) is 20.3 Å². The van der Waals surface area contributed by atoms with Crippen LogP contribution in [0.25, 0.3) is 0 Å². The maximum absolute atomic E-state index is 13.1. The van der Waals surface area contributed by atoms with Gasteiger partial charge in [0.15, 0.2) is 0 Å². The molecular weight excluding hydrogens is 352 g/mol. The van der Waals surface area contributed by atoms with Crippen molar-refractivity contribution >= 4 is 21.6 Å². The third-order valence-corrected chi connectivity index (χ3v) is 6.37. The Balaban J connectivity index is 2.34. The Morgan fingerprint density at radius 3 is 2.75 bits per heavy atom. The van der Waals surface area contributed by atoms with Crippen LogP contribution in [0, 0.1) is 5.41 Å². The predicted octanol–water partition coefficient (Wildman–Crippen LogP) is 2.11. The molecule has 1 aliphatic rings. The number of hydrogen-bond donors (Lipinski definition) is 1. The van der Waals surface area contributed by atoms with Crippen LogP contribution in [-0.4, -0.2) is 52.2 Å². The van der Waals surface area contributed by atoms with Gasteiger partial charge in [0.25, 0.3) is 0 Å². The Morgan fingerprint density at radius 1 is 1.46 bits per heavy atom. The standard InChI is InChI=1S/C16H25ClN2O4S/c1-12(9-22-3)23-14-5-4-13(17)8-15(14)24(20,21)19-7-6-16(2,10-18)11-19/h4-5,8,12H,6-7,9-11,18H2,1-3H3. The number of rotatable bonds is 7. The average Bonchev–Trinajstić information content (AvgIpc) is 2.93. The first kappa shape index (κ1) is 19.5. The van der Waals surface area contributed by atoms with Crippen molar-refractivity contribution in [3.63, 3.8) is 0 Å². The molecule has 1 aromatic carbocycles. The third-order valence-electron chi connectivity index (χ3n) is 4.27. The van der Waals surface area contributed by atoms with E-state index in [2.05, 4.69) is 0 Å². The summed E-state index contributed by atoms with van der Waals surface area (Å²) in [6.45, 7) is 5.45. The summed E-state index contributed by atoms with van der Waals surface area (Å²) in [5, 5.41) is 0.348. The second-order valence-corrected chi connectivity index (χ2v) is 8.92. The summed E-state index contributed by atoms with van der Waals surface area (Å²) in [6.07, 6.45) is 0.456. The van der Waals surface area contributed by atoms with Crippen LogP contribution in [0.2, 0.25) is 5.02 Å². The second-order valence-electron chi connectivity index (χ2n) is 6.58. The van der Waals surface area contributed by atoms with Gasteiger partial charge in [-0.2, -0.15) is 4.31 Å². The minimum Gasteiger partial charge on any atom is -0.487 e. The lowest BCUT2D eigenvalue weighted by Crippen LogP contribution is -2.34. The van der Waals surface area contributed by atoms with E-state index in [1.165, 1.54) is 10.4 Å². The molecule has 1 fully saturated rings. The zero-order chi connectivity index (χ0) is 18.0. The van der Waals surface area contributed by atoms with Crippen LogP contribution >= 0.6 is 11.6 Å². The molecule has 1 aliphatic heterocycles. The van der Waals surface area contributed by atoms with Gasteiger partial charge in [-0.1, -0.05) is 18.5 Å². The minimum absolute atomic E-state index is 0.0826. The van der Waals surface area contributed by atoms with Gasteiger partial charge < -0.3 is 15.2 Å². The van der Waals surface area contributed by atoms with E-state index in [9.17, 15) is 8.42 Å². The Morgan fingerprint density at radius 2 is 2.17 bits per heavy atom. The molecule has 1 saturated heterocycles. The number of benzene rings is 1. The van der Waals surface area contributed by atoms with E-state index in [1.54, 1.807) is 19.2 Å². The lowest BCUT2D eigenvalue weighted by atomic mass is 9.90. The largest absolute Gasteiger partial charge is 0.487 e. The Labute approximate surface area is 148 Å². The maximum Gasteiger partial charge on any atom is 0.246 e. The van der Waals surface area contributed by atoms with Crippen LogP contribution < -0.4 is 10.5 Å². The van der Waals surface area contributed by atoms with Crippen LogP contribution in [0.15, 0.2) is 23.1 Å². The van der Waals surface area contributed by atoms with E-state index < -0.39 is 10.0 Å². The van der Waals surface area contributed by atoms with Gasteiger partial charge in [0, 0.05) is 25.2 Å². The predicted molar refractivity (Wildman–Crippen MR) is 94.0 cm³/mol. The molecule has 8 heteroatoms. The number of methoxy groups -OCH3 is 1. The van der Waals surface area contributed by atoms with Crippen molar-refractivity contribution in [2.24, 2.45) is 11.1 Å². The fraction of sp³-hybridized carbons (Fsp3) is 0.625. The van der Waals surface area contributed by atoms with Gasteiger partial charge in [-0.3, -0.25) is 0 Å². The Bertz CT molecular complexity index is 683. The molecule has 2 rings (SSSR count).